The van der Waals surface area contributed by atoms with Gasteiger partial charge >= 0.3 is 0 Å². The standard InChI is InChI=1S/C22H32N4O/c1-17-6-9-21(26-18(2)7-8-19(26)3)20(16-17)22(27)23-10-5-11-25-14-12-24(4)13-15-25/h6-9,16H,5,10-15H2,1-4H3,(H,23,27). The molecule has 0 aliphatic carbocycles. The van der Waals surface area contributed by atoms with E-state index < -0.39 is 0 Å². The minimum atomic E-state index is 0.0135. The molecular weight excluding hydrogens is 336 g/mol. The molecule has 2 heterocycles. The SMILES string of the molecule is Cc1ccc(-n2c(C)ccc2C)c(C(=O)NCCCN2CCN(C)CC2)c1. The Labute approximate surface area is 163 Å². The first-order chi connectivity index (χ1) is 13.0. The van der Waals surface area contributed by atoms with Crippen LogP contribution in [0.5, 0.6) is 0 Å². The second-order valence-electron chi connectivity index (χ2n) is 7.73. The maximum Gasteiger partial charge on any atom is 0.253 e. The predicted octanol–water partition coefficient (Wildman–Crippen LogP) is 2.77. The van der Waals surface area contributed by atoms with Crippen molar-refractivity contribution in [1.29, 1.82) is 0 Å². The fraction of sp³-hybridized carbons (Fsp3) is 0.500. The normalized spacial score (nSPS) is 15.9. The van der Waals surface area contributed by atoms with Gasteiger partial charge < -0.3 is 19.7 Å². The molecule has 1 aliphatic rings. The van der Waals surface area contributed by atoms with Crippen LogP contribution in [-0.2, 0) is 0 Å². The second kappa shape index (κ2) is 8.72. The van der Waals surface area contributed by atoms with Crippen molar-refractivity contribution in [2.45, 2.75) is 27.2 Å². The van der Waals surface area contributed by atoms with Gasteiger partial charge in [-0.15, -0.1) is 0 Å². The van der Waals surface area contributed by atoms with Gasteiger partial charge in [0.1, 0.15) is 0 Å². The van der Waals surface area contributed by atoms with E-state index in [9.17, 15) is 4.79 Å². The number of rotatable bonds is 6. The number of carbonyl (C=O) groups is 1. The van der Waals surface area contributed by atoms with Crippen LogP contribution >= 0.6 is 0 Å². The molecule has 0 unspecified atom stereocenters. The third kappa shape index (κ3) is 4.79. The van der Waals surface area contributed by atoms with Crippen LogP contribution in [0.3, 0.4) is 0 Å². The number of piperazine rings is 1. The van der Waals surface area contributed by atoms with Gasteiger partial charge in [0.15, 0.2) is 0 Å². The van der Waals surface area contributed by atoms with Gasteiger partial charge in [0.2, 0.25) is 0 Å². The van der Waals surface area contributed by atoms with E-state index in [2.05, 4.69) is 64.8 Å². The number of aryl methyl sites for hydroxylation is 3. The van der Waals surface area contributed by atoms with Crippen molar-refractivity contribution in [2.24, 2.45) is 0 Å². The van der Waals surface area contributed by atoms with Crippen LogP contribution in [0.1, 0.15) is 33.7 Å². The van der Waals surface area contributed by atoms with Gasteiger partial charge in [0, 0.05) is 44.1 Å². The number of carbonyl (C=O) groups excluding carboxylic acids is 1. The number of nitrogens with zero attached hydrogens (tertiary/aromatic N) is 3. The Bertz CT molecular complexity index is 768. The third-order valence-corrected chi connectivity index (χ3v) is 5.44. The average molecular weight is 369 g/mol. The Morgan fingerprint density at radius 3 is 2.33 bits per heavy atom. The van der Waals surface area contributed by atoms with E-state index >= 15 is 0 Å². The molecule has 3 rings (SSSR count). The lowest BCUT2D eigenvalue weighted by molar-refractivity contribution is 0.0949. The smallest absolute Gasteiger partial charge is 0.253 e. The number of benzene rings is 1. The molecule has 1 aromatic carbocycles. The molecule has 27 heavy (non-hydrogen) atoms. The summed E-state index contributed by atoms with van der Waals surface area (Å²) in [5.41, 5.74) is 5.08. The van der Waals surface area contributed by atoms with Gasteiger partial charge in [-0.05, 0) is 65.0 Å². The summed E-state index contributed by atoms with van der Waals surface area (Å²) in [7, 11) is 2.17. The zero-order valence-electron chi connectivity index (χ0n) is 17.1. The summed E-state index contributed by atoms with van der Waals surface area (Å²) in [5.74, 6) is 0.0135. The average Bonchev–Trinajstić information content (AvgIpc) is 2.98. The maximum atomic E-state index is 12.9. The van der Waals surface area contributed by atoms with Crippen molar-refractivity contribution in [3.05, 3.63) is 52.8 Å². The highest BCUT2D eigenvalue weighted by atomic mass is 16.1. The highest BCUT2D eigenvalue weighted by molar-refractivity contribution is 5.98. The van der Waals surface area contributed by atoms with Crippen LogP contribution in [0.4, 0.5) is 0 Å². The predicted molar refractivity (Wildman–Crippen MR) is 111 cm³/mol. The van der Waals surface area contributed by atoms with E-state index in [1.807, 2.05) is 13.0 Å². The molecule has 0 saturated carbocycles. The van der Waals surface area contributed by atoms with E-state index in [1.54, 1.807) is 0 Å². The Morgan fingerprint density at radius 1 is 1.00 bits per heavy atom. The van der Waals surface area contributed by atoms with Crippen molar-refractivity contribution in [1.82, 2.24) is 19.7 Å². The summed E-state index contributed by atoms with van der Waals surface area (Å²) < 4.78 is 2.15. The number of aromatic nitrogens is 1. The maximum absolute atomic E-state index is 12.9. The molecule has 0 atom stereocenters. The monoisotopic (exact) mass is 368 g/mol. The molecule has 5 nitrogen and oxygen atoms in total. The summed E-state index contributed by atoms with van der Waals surface area (Å²) in [6, 6.07) is 10.3. The Hall–Kier alpha value is -2.11. The molecule has 2 aromatic rings. The largest absolute Gasteiger partial charge is 0.352 e. The Balaban J connectivity index is 1.62. The zero-order valence-corrected chi connectivity index (χ0v) is 17.1. The van der Waals surface area contributed by atoms with Gasteiger partial charge in [-0.2, -0.15) is 0 Å². The quantitative estimate of drug-likeness (QED) is 0.797. The Morgan fingerprint density at radius 2 is 1.67 bits per heavy atom. The minimum absolute atomic E-state index is 0.0135. The topological polar surface area (TPSA) is 40.5 Å². The number of nitrogens with one attached hydrogen (secondary N) is 1. The minimum Gasteiger partial charge on any atom is -0.352 e. The summed E-state index contributed by atoms with van der Waals surface area (Å²) >= 11 is 0. The van der Waals surface area contributed by atoms with Crippen molar-refractivity contribution in [3.8, 4) is 5.69 Å². The van der Waals surface area contributed by atoms with Crippen LogP contribution < -0.4 is 5.32 Å². The summed E-state index contributed by atoms with van der Waals surface area (Å²) in [6.07, 6.45) is 0.984. The van der Waals surface area contributed by atoms with E-state index in [0.29, 0.717) is 6.54 Å². The van der Waals surface area contributed by atoms with Crippen molar-refractivity contribution in [3.63, 3.8) is 0 Å². The Kier molecular flexibility index (Phi) is 6.34. The van der Waals surface area contributed by atoms with Gasteiger partial charge in [0.05, 0.1) is 11.3 Å². The third-order valence-electron chi connectivity index (χ3n) is 5.44. The molecule has 0 spiro atoms. The van der Waals surface area contributed by atoms with Crippen LogP contribution in [-0.4, -0.2) is 66.6 Å². The lowest BCUT2D eigenvalue weighted by Gasteiger charge is -2.32. The molecule has 1 fully saturated rings. The summed E-state index contributed by atoms with van der Waals surface area (Å²) in [6.45, 7) is 12.5. The fourth-order valence-electron chi connectivity index (χ4n) is 3.75. The van der Waals surface area contributed by atoms with Crippen molar-refractivity contribution < 1.29 is 4.79 Å². The van der Waals surface area contributed by atoms with Crippen LogP contribution in [0.2, 0.25) is 0 Å². The van der Waals surface area contributed by atoms with E-state index in [0.717, 1.165) is 67.3 Å². The fourth-order valence-corrected chi connectivity index (χ4v) is 3.75. The van der Waals surface area contributed by atoms with Crippen LogP contribution in [0, 0.1) is 20.8 Å². The van der Waals surface area contributed by atoms with Crippen LogP contribution in [0.25, 0.3) is 5.69 Å². The number of hydrogen-bond donors (Lipinski definition) is 1. The van der Waals surface area contributed by atoms with Gasteiger partial charge in [0.25, 0.3) is 5.91 Å². The molecule has 146 valence electrons. The molecule has 1 aliphatic heterocycles. The first-order valence-corrected chi connectivity index (χ1v) is 9.91. The molecule has 0 radical (unpaired) electrons. The van der Waals surface area contributed by atoms with E-state index in [1.165, 1.54) is 0 Å². The lowest BCUT2D eigenvalue weighted by Crippen LogP contribution is -2.45. The molecule has 1 aromatic heterocycles. The molecule has 1 amide bonds. The highest BCUT2D eigenvalue weighted by Crippen LogP contribution is 2.21. The van der Waals surface area contributed by atoms with E-state index in [4.69, 9.17) is 0 Å². The highest BCUT2D eigenvalue weighted by Gasteiger charge is 2.16. The van der Waals surface area contributed by atoms with Crippen molar-refractivity contribution >= 4 is 5.91 Å². The van der Waals surface area contributed by atoms with Gasteiger partial charge in [-0.3, -0.25) is 4.79 Å². The second-order valence-corrected chi connectivity index (χ2v) is 7.73. The van der Waals surface area contributed by atoms with Crippen molar-refractivity contribution in [2.75, 3.05) is 46.3 Å². The first-order valence-electron chi connectivity index (χ1n) is 9.91. The molecule has 1 saturated heterocycles. The number of likely N-dealkylation sites (N-methyl/N-ethyl adjacent to an activating group) is 1. The molecule has 5 heteroatoms. The molecule has 1 N–H and O–H groups in total. The molecular formula is C22H32N4O. The van der Waals surface area contributed by atoms with E-state index in [-0.39, 0.29) is 5.91 Å². The van der Waals surface area contributed by atoms with Gasteiger partial charge in [-0.1, -0.05) is 11.6 Å². The summed E-state index contributed by atoms with van der Waals surface area (Å²) in [5, 5.41) is 3.13. The number of amides is 1. The number of hydrogen-bond acceptors (Lipinski definition) is 3. The lowest BCUT2D eigenvalue weighted by atomic mass is 10.1. The summed E-state index contributed by atoms with van der Waals surface area (Å²) in [4.78, 5) is 17.7. The molecule has 0 bridgehead atoms. The zero-order chi connectivity index (χ0) is 19.4. The van der Waals surface area contributed by atoms with Gasteiger partial charge in [-0.25, -0.2) is 0 Å². The van der Waals surface area contributed by atoms with Crippen LogP contribution in [0.15, 0.2) is 30.3 Å². The first kappa shape index (κ1) is 19.6.